The lowest BCUT2D eigenvalue weighted by Gasteiger charge is -2.36. The molecule has 1 aliphatic rings. The maximum absolute atomic E-state index is 13.2. The largest absolute Gasteiger partial charge is 0.345 e. The number of Topliss-reactive ketones (excluding diaryl/α,β-unsaturated/α-hetero) is 1. The number of ketones is 1. The van der Waals surface area contributed by atoms with Crippen LogP contribution in [0.2, 0.25) is 5.02 Å². The fourth-order valence-electron chi connectivity index (χ4n) is 4.36. The van der Waals surface area contributed by atoms with Crippen LogP contribution in [0.15, 0.2) is 72.8 Å². The van der Waals surface area contributed by atoms with E-state index in [2.05, 4.69) is 10.6 Å². The number of carbonyl (C=O) groups is 4. The molecule has 1 heterocycles. The minimum atomic E-state index is -0.778. The first-order valence-electron chi connectivity index (χ1n) is 12.1. The number of hydrogen-bond donors (Lipinski definition) is 2. The first kappa shape index (κ1) is 26.1. The first-order chi connectivity index (χ1) is 17.8. The minimum absolute atomic E-state index is 0.00389. The van der Waals surface area contributed by atoms with E-state index in [9.17, 15) is 19.2 Å². The van der Waals surface area contributed by atoms with Gasteiger partial charge in [0.2, 0.25) is 17.7 Å². The molecule has 3 aromatic carbocycles. The molecule has 2 N–H and O–H groups in total. The third kappa shape index (κ3) is 6.62. The molecule has 0 saturated heterocycles. The molecular weight excluding hydrogens is 490 g/mol. The molecule has 0 saturated carbocycles. The molecule has 1 unspecified atom stereocenters. The van der Waals surface area contributed by atoms with E-state index in [0.717, 1.165) is 16.7 Å². The lowest BCUT2D eigenvalue weighted by atomic mass is 9.93. The predicted octanol–water partition coefficient (Wildman–Crippen LogP) is 4.32. The number of carbonyl (C=O) groups excluding carboxylic acids is 4. The lowest BCUT2D eigenvalue weighted by molar-refractivity contribution is -0.142. The number of hydrogen-bond acceptors (Lipinski definition) is 4. The van der Waals surface area contributed by atoms with E-state index >= 15 is 0 Å². The van der Waals surface area contributed by atoms with Gasteiger partial charge in [0.1, 0.15) is 6.04 Å². The zero-order valence-electron chi connectivity index (χ0n) is 20.5. The van der Waals surface area contributed by atoms with E-state index in [1.807, 2.05) is 37.3 Å². The van der Waals surface area contributed by atoms with Crippen molar-refractivity contribution >= 4 is 40.8 Å². The third-order valence-electron chi connectivity index (χ3n) is 6.40. The normalized spacial score (nSPS) is 14.4. The average molecular weight is 518 g/mol. The van der Waals surface area contributed by atoms with E-state index in [0.29, 0.717) is 22.7 Å². The fourth-order valence-corrected chi connectivity index (χ4v) is 4.48. The molecule has 0 radical (unpaired) electrons. The van der Waals surface area contributed by atoms with E-state index in [-0.39, 0.29) is 37.6 Å². The van der Waals surface area contributed by atoms with Gasteiger partial charge in [-0.1, -0.05) is 66.2 Å². The minimum Gasteiger partial charge on any atom is -0.345 e. The second kappa shape index (κ2) is 11.8. The Morgan fingerprint density at radius 1 is 0.919 bits per heavy atom. The number of rotatable bonds is 8. The van der Waals surface area contributed by atoms with Gasteiger partial charge < -0.3 is 15.5 Å². The summed E-state index contributed by atoms with van der Waals surface area (Å²) >= 11 is 6.03. The van der Waals surface area contributed by atoms with Gasteiger partial charge in [-0.25, -0.2) is 0 Å². The van der Waals surface area contributed by atoms with E-state index in [1.54, 1.807) is 42.5 Å². The Kier molecular flexibility index (Phi) is 8.36. The van der Waals surface area contributed by atoms with Crippen LogP contribution in [-0.4, -0.2) is 41.0 Å². The lowest BCUT2D eigenvalue weighted by Crippen LogP contribution is -2.53. The summed E-state index contributed by atoms with van der Waals surface area (Å²) < 4.78 is 0. The van der Waals surface area contributed by atoms with Crippen molar-refractivity contribution < 1.29 is 19.2 Å². The molecule has 3 aromatic rings. The van der Waals surface area contributed by atoms with Crippen molar-refractivity contribution in [1.29, 1.82) is 0 Å². The van der Waals surface area contributed by atoms with Gasteiger partial charge in [-0.3, -0.25) is 19.2 Å². The quantitative estimate of drug-likeness (QED) is 0.435. The van der Waals surface area contributed by atoms with Gasteiger partial charge in [0.05, 0.1) is 6.54 Å². The van der Waals surface area contributed by atoms with Crippen LogP contribution in [0, 0.1) is 6.92 Å². The fraction of sp³-hybridized carbons (Fsp3) is 0.241. The van der Waals surface area contributed by atoms with Crippen LogP contribution in [0.25, 0.3) is 0 Å². The van der Waals surface area contributed by atoms with Crippen LogP contribution in [0.5, 0.6) is 0 Å². The summed E-state index contributed by atoms with van der Waals surface area (Å²) in [6.07, 6.45) is 0.382. The van der Waals surface area contributed by atoms with Gasteiger partial charge in [-0.2, -0.15) is 0 Å². The molecule has 8 heteroatoms. The second-order valence-electron chi connectivity index (χ2n) is 9.03. The summed E-state index contributed by atoms with van der Waals surface area (Å²) in [5.41, 5.74) is 3.89. The number of benzene rings is 3. The number of nitrogens with one attached hydrogen (secondary N) is 2. The van der Waals surface area contributed by atoms with Gasteiger partial charge >= 0.3 is 0 Å². The van der Waals surface area contributed by atoms with Gasteiger partial charge in [0.15, 0.2) is 5.78 Å². The Labute approximate surface area is 220 Å². The van der Waals surface area contributed by atoms with Gasteiger partial charge in [0, 0.05) is 42.1 Å². The molecular formula is C29H28ClN3O4. The molecule has 0 bridgehead atoms. The van der Waals surface area contributed by atoms with Crippen LogP contribution in [0.4, 0.5) is 5.69 Å². The highest BCUT2D eigenvalue weighted by molar-refractivity contribution is 6.31. The molecule has 0 fully saturated rings. The molecule has 0 aliphatic carbocycles. The Morgan fingerprint density at radius 2 is 1.62 bits per heavy atom. The Balaban J connectivity index is 1.40. The van der Waals surface area contributed by atoms with E-state index < -0.39 is 17.9 Å². The van der Waals surface area contributed by atoms with Crippen LogP contribution in [0.3, 0.4) is 0 Å². The van der Waals surface area contributed by atoms with Crippen molar-refractivity contribution in [3.63, 3.8) is 0 Å². The number of fused-ring (bicyclic) bond motifs is 1. The highest BCUT2D eigenvalue weighted by Gasteiger charge is 2.34. The van der Waals surface area contributed by atoms with Crippen molar-refractivity contribution in [2.45, 2.75) is 38.8 Å². The van der Waals surface area contributed by atoms with Crippen molar-refractivity contribution in [1.82, 2.24) is 10.2 Å². The predicted molar refractivity (Wildman–Crippen MR) is 142 cm³/mol. The Bertz CT molecular complexity index is 1330. The van der Waals surface area contributed by atoms with E-state index in [1.165, 1.54) is 4.90 Å². The molecule has 7 nitrogen and oxygen atoms in total. The van der Waals surface area contributed by atoms with Crippen LogP contribution in [0.1, 0.15) is 39.9 Å². The summed E-state index contributed by atoms with van der Waals surface area (Å²) in [6.45, 7) is 1.86. The topological polar surface area (TPSA) is 95.6 Å². The summed E-state index contributed by atoms with van der Waals surface area (Å²) in [5, 5.41) is 6.00. The first-order valence-corrected chi connectivity index (χ1v) is 12.5. The maximum atomic E-state index is 13.2. The zero-order chi connectivity index (χ0) is 26.4. The van der Waals surface area contributed by atoms with Crippen molar-refractivity contribution in [2.75, 3.05) is 11.9 Å². The van der Waals surface area contributed by atoms with Crippen LogP contribution in [-0.2, 0) is 27.3 Å². The summed E-state index contributed by atoms with van der Waals surface area (Å²) in [6, 6.07) is 20.8. The molecule has 4 rings (SSSR count). The number of nitrogens with zero attached hydrogens (tertiary/aromatic N) is 1. The highest BCUT2D eigenvalue weighted by Crippen LogP contribution is 2.25. The molecule has 3 amide bonds. The van der Waals surface area contributed by atoms with Gasteiger partial charge in [0.25, 0.3) is 0 Å². The van der Waals surface area contributed by atoms with Crippen molar-refractivity contribution in [3.05, 3.63) is 100 Å². The van der Waals surface area contributed by atoms with Gasteiger partial charge in [-0.05, 0) is 41.8 Å². The summed E-state index contributed by atoms with van der Waals surface area (Å²) in [4.78, 5) is 52.8. The van der Waals surface area contributed by atoms with Crippen molar-refractivity contribution in [2.24, 2.45) is 0 Å². The maximum Gasteiger partial charge on any atom is 0.243 e. The number of amides is 3. The molecule has 0 aromatic heterocycles. The number of anilines is 1. The SMILES string of the molecule is Cc1cc(NC(=O)CNC(=O)C2Cc3ccccc3CN2C(=O)CCC(=O)c2ccccc2)ccc1Cl. The average Bonchev–Trinajstić information content (AvgIpc) is 2.92. The monoisotopic (exact) mass is 517 g/mol. The summed E-state index contributed by atoms with van der Waals surface area (Å²) in [5.74, 6) is -1.21. The standard InChI is InChI=1S/C29H28ClN3O4/c1-19-15-23(11-12-24(19)30)32-27(35)17-31-29(37)25-16-21-9-5-6-10-22(21)18-33(25)28(36)14-13-26(34)20-7-3-2-4-8-20/h2-12,15,25H,13-14,16-18H2,1H3,(H,31,37)(H,32,35). The van der Waals surface area contributed by atoms with Crippen LogP contribution < -0.4 is 10.6 Å². The smallest absolute Gasteiger partial charge is 0.243 e. The van der Waals surface area contributed by atoms with E-state index in [4.69, 9.17) is 11.6 Å². The molecule has 0 spiro atoms. The molecule has 1 atom stereocenters. The highest BCUT2D eigenvalue weighted by atomic mass is 35.5. The molecule has 1 aliphatic heterocycles. The van der Waals surface area contributed by atoms with Crippen molar-refractivity contribution in [3.8, 4) is 0 Å². The third-order valence-corrected chi connectivity index (χ3v) is 6.82. The van der Waals surface area contributed by atoms with Gasteiger partial charge in [-0.15, -0.1) is 0 Å². The van der Waals surface area contributed by atoms with Crippen LogP contribution >= 0.6 is 11.6 Å². The number of aryl methyl sites for hydroxylation is 1. The number of halogens is 1. The zero-order valence-corrected chi connectivity index (χ0v) is 21.3. The summed E-state index contributed by atoms with van der Waals surface area (Å²) in [7, 11) is 0. The second-order valence-corrected chi connectivity index (χ2v) is 9.44. The molecule has 190 valence electrons. The Morgan fingerprint density at radius 3 is 2.35 bits per heavy atom. The molecule has 37 heavy (non-hydrogen) atoms. The Hall–Kier alpha value is -3.97.